The van der Waals surface area contributed by atoms with E-state index in [0.717, 1.165) is 26.2 Å². The van der Waals surface area contributed by atoms with Gasteiger partial charge in [0.25, 0.3) is 0 Å². The van der Waals surface area contributed by atoms with Gasteiger partial charge in [0, 0.05) is 44.6 Å². The fourth-order valence-corrected chi connectivity index (χ4v) is 1.80. The molecule has 1 aliphatic rings. The molecule has 0 amide bonds. The Hall–Kier alpha value is -1.00. The van der Waals surface area contributed by atoms with Gasteiger partial charge in [0.1, 0.15) is 0 Å². The molecule has 1 unspecified atom stereocenters. The molecule has 0 bridgehead atoms. The molecule has 3 N–H and O–H groups in total. The van der Waals surface area contributed by atoms with Gasteiger partial charge < -0.3 is 20.5 Å². The minimum absolute atomic E-state index is 0.559. The van der Waals surface area contributed by atoms with E-state index < -0.39 is 0 Å². The molecule has 1 atom stereocenters. The van der Waals surface area contributed by atoms with Crippen molar-refractivity contribution < 1.29 is 0 Å². The number of H-pyrrole nitrogens is 1. The van der Waals surface area contributed by atoms with Crippen LogP contribution in [-0.2, 0) is 0 Å². The maximum atomic E-state index is 3.50. The molecule has 1 aromatic heterocycles. The first-order valence-electron chi connectivity index (χ1n) is 5.13. The van der Waals surface area contributed by atoms with Crippen molar-refractivity contribution in [3.63, 3.8) is 0 Å². The molecule has 0 aromatic carbocycles. The third-order valence-corrected chi connectivity index (χ3v) is 2.61. The van der Waals surface area contributed by atoms with E-state index in [1.807, 2.05) is 18.5 Å². The van der Waals surface area contributed by atoms with Crippen molar-refractivity contribution >= 4 is 5.69 Å². The molecule has 1 fully saturated rings. The van der Waals surface area contributed by atoms with Gasteiger partial charge >= 0.3 is 0 Å². The molecule has 14 heavy (non-hydrogen) atoms. The van der Waals surface area contributed by atoms with Gasteiger partial charge in [0.2, 0.25) is 0 Å². The molecular formula is C10H18N4. The average Bonchev–Trinajstić information content (AvgIpc) is 2.67. The molecule has 2 heterocycles. The van der Waals surface area contributed by atoms with E-state index >= 15 is 0 Å². The summed E-state index contributed by atoms with van der Waals surface area (Å²) in [7, 11) is 2.17. The van der Waals surface area contributed by atoms with Crippen molar-refractivity contribution in [1.29, 1.82) is 0 Å². The van der Waals surface area contributed by atoms with E-state index in [2.05, 4.69) is 27.6 Å². The van der Waals surface area contributed by atoms with Crippen LogP contribution < -0.4 is 10.6 Å². The van der Waals surface area contributed by atoms with Gasteiger partial charge in [0.15, 0.2) is 0 Å². The number of likely N-dealkylation sites (N-methyl/N-ethyl adjacent to an activating group) is 1. The molecule has 2 rings (SSSR count). The topological polar surface area (TPSA) is 43.1 Å². The van der Waals surface area contributed by atoms with E-state index in [1.54, 1.807) is 0 Å². The first-order chi connectivity index (χ1) is 6.84. The van der Waals surface area contributed by atoms with Gasteiger partial charge in [-0.2, -0.15) is 0 Å². The summed E-state index contributed by atoms with van der Waals surface area (Å²) < 4.78 is 0. The second kappa shape index (κ2) is 4.48. The van der Waals surface area contributed by atoms with Crippen LogP contribution in [0.1, 0.15) is 0 Å². The zero-order valence-corrected chi connectivity index (χ0v) is 8.59. The lowest BCUT2D eigenvalue weighted by Crippen LogP contribution is -2.51. The maximum absolute atomic E-state index is 3.50. The Kier molecular flexibility index (Phi) is 3.06. The molecule has 1 saturated heterocycles. The first kappa shape index (κ1) is 9.55. The second-order valence-corrected chi connectivity index (χ2v) is 3.89. The third kappa shape index (κ3) is 2.49. The molecule has 78 valence electrons. The number of nitrogens with one attached hydrogen (secondary N) is 3. The van der Waals surface area contributed by atoms with E-state index in [0.29, 0.717) is 6.04 Å². The number of aromatic nitrogens is 1. The molecule has 1 aromatic rings. The van der Waals surface area contributed by atoms with E-state index in [9.17, 15) is 0 Å². The Labute approximate surface area is 84.7 Å². The summed E-state index contributed by atoms with van der Waals surface area (Å²) in [5, 5.41) is 6.89. The molecule has 0 aliphatic carbocycles. The van der Waals surface area contributed by atoms with Crippen LogP contribution in [0.25, 0.3) is 0 Å². The lowest BCUT2D eigenvalue weighted by Gasteiger charge is -2.31. The SMILES string of the molecule is CN1CCNC(CNc2cc[nH]c2)C1. The van der Waals surface area contributed by atoms with Gasteiger partial charge in [-0.15, -0.1) is 0 Å². The summed E-state index contributed by atoms with van der Waals surface area (Å²) in [6.45, 7) is 4.36. The standard InChI is InChI=1S/C10H18N4/c1-14-5-4-12-10(8-14)7-13-9-2-3-11-6-9/h2-3,6,10-13H,4-5,7-8H2,1H3. The molecule has 4 nitrogen and oxygen atoms in total. The quantitative estimate of drug-likeness (QED) is 0.649. The number of nitrogens with zero attached hydrogens (tertiary/aromatic N) is 1. The smallest absolute Gasteiger partial charge is 0.0518 e. The van der Waals surface area contributed by atoms with Gasteiger partial charge in [-0.25, -0.2) is 0 Å². The highest BCUT2D eigenvalue weighted by molar-refractivity contribution is 5.40. The van der Waals surface area contributed by atoms with Gasteiger partial charge in [-0.1, -0.05) is 0 Å². The molecule has 0 saturated carbocycles. The summed E-state index contributed by atoms with van der Waals surface area (Å²) in [5.41, 5.74) is 1.17. The van der Waals surface area contributed by atoms with Crippen molar-refractivity contribution in [1.82, 2.24) is 15.2 Å². The lowest BCUT2D eigenvalue weighted by atomic mass is 10.2. The fraction of sp³-hybridized carbons (Fsp3) is 0.600. The number of aromatic amines is 1. The molecular weight excluding hydrogens is 176 g/mol. The Bertz CT molecular complexity index is 257. The number of rotatable bonds is 3. The van der Waals surface area contributed by atoms with Crippen LogP contribution >= 0.6 is 0 Å². The summed E-state index contributed by atoms with van der Waals surface area (Å²) >= 11 is 0. The Morgan fingerprint density at radius 2 is 2.57 bits per heavy atom. The largest absolute Gasteiger partial charge is 0.382 e. The summed E-state index contributed by atoms with van der Waals surface area (Å²) in [6, 6.07) is 2.61. The van der Waals surface area contributed by atoms with Crippen LogP contribution in [0.3, 0.4) is 0 Å². The summed E-state index contributed by atoms with van der Waals surface area (Å²) in [4.78, 5) is 5.39. The Morgan fingerprint density at radius 1 is 1.64 bits per heavy atom. The van der Waals surface area contributed by atoms with Crippen LogP contribution in [-0.4, -0.2) is 49.2 Å². The summed E-state index contributed by atoms with van der Waals surface area (Å²) in [5.74, 6) is 0. The van der Waals surface area contributed by atoms with E-state index in [-0.39, 0.29) is 0 Å². The van der Waals surface area contributed by atoms with Crippen LogP contribution in [0.4, 0.5) is 5.69 Å². The van der Waals surface area contributed by atoms with Crippen LogP contribution in [0, 0.1) is 0 Å². The molecule has 0 spiro atoms. The second-order valence-electron chi connectivity index (χ2n) is 3.89. The van der Waals surface area contributed by atoms with Crippen molar-refractivity contribution in [2.45, 2.75) is 6.04 Å². The molecule has 1 aliphatic heterocycles. The number of anilines is 1. The Morgan fingerprint density at radius 3 is 3.29 bits per heavy atom. The fourth-order valence-electron chi connectivity index (χ4n) is 1.80. The minimum Gasteiger partial charge on any atom is -0.382 e. The van der Waals surface area contributed by atoms with Gasteiger partial charge in [0.05, 0.1) is 5.69 Å². The van der Waals surface area contributed by atoms with Crippen molar-refractivity contribution in [2.75, 3.05) is 38.5 Å². The number of piperazine rings is 1. The van der Waals surface area contributed by atoms with Crippen molar-refractivity contribution in [3.05, 3.63) is 18.5 Å². The van der Waals surface area contributed by atoms with Crippen LogP contribution in [0.5, 0.6) is 0 Å². The molecule has 4 heteroatoms. The molecule has 0 radical (unpaired) electrons. The van der Waals surface area contributed by atoms with Gasteiger partial charge in [-0.3, -0.25) is 0 Å². The predicted octanol–water partition coefficient (Wildman–Crippen LogP) is 0.330. The zero-order valence-electron chi connectivity index (χ0n) is 8.59. The highest BCUT2D eigenvalue weighted by atomic mass is 15.2. The normalized spacial score (nSPS) is 23.6. The third-order valence-electron chi connectivity index (χ3n) is 2.61. The summed E-state index contributed by atoms with van der Waals surface area (Å²) in [6.07, 6.45) is 3.91. The number of hydrogen-bond donors (Lipinski definition) is 3. The van der Waals surface area contributed by atoms with Crippen molar-refractivity contribution in [2.24, 2.45) is 0 Å². The zero-order chi connectivity index (χ0) is 9.80. The lowest BCUT2D eigenvalue weighted by molar-refractivity contribution is 0.244. The Balaban J connectivity index is 1.75. The monoisotopic (exact) mass is 194 g/mol. The predicted molar refractivity (Wildman–Crippen MR) is 58.6 cm³/mol. The van der Waals surface area contributed by atoms with Crippen LogP contribution in [0.2, 0.25) is 0 Å². The minimum atomic E-state index is 0.559. The van der Waals surface area contributed by atoms with Crippen molar-refractivity contribution in [3.8, 4) is 0 Å². The number of hydrogen-bond acceptors (Lipinski definition) is 3. The first-order valence-corrected chi connectivity index (χ1v) is 5.13. The maximum Gasteiger partial charge on any atom is 0.0518 e. The van der Waals surface area contributed by atoms with E-state index in [1.165, 1.54) is 5.69 Å². The highest BCUT2D eigenvalue weighted by Gasteiger charge is 2.15. The van der Waals surface area contributed by atoms with Crippen LogP contribution in [0.15, 0.2) is 18.5 Å². The van der Waals surface area contributed by atoms with Gasteiger partial charge in [-0.05, 0) is 13.1 Å². The van der Waals surface area contributed by atoms with E-state index in [4.69, 9.17) is 0 Å². The average molecular weight is 194 g/mol. The highest BCUT2D eigenvalue weighted by Crippen LogP contribution is 2.04.